The molecule has 1 aromatic heterocycles. The van der Waals surface area contributed by atoms with Crippen LogP contribution in [0.1, 0.15) is 33.6 Å². The zero-order chi connectivity index (χ0) is 17.3. The summed E-state index contributed by atoms with van der Waals surface area (Å²) in [5, 5.41) is 5.09. The van der Waals surface area contributed by atoms with E-state index in [0.717, 1.165) is 24.1 Å². The summed E-state index contributed by atoms with van der Waals surface area (Å²) in [6.07, 6.45) is 4.32. The summed E-state index contributed by atoms with van der Waals surface area (Å²) in [4.78, 5) is 13.4. The lowest BCUT2D eigenvalue weighted by Gasteiger charge is -2.21. The predicted octanol–water partition coefficient (Wildman–Crippen LogP) is 1.26. The summed E-state index contributed by atoms with van der Waals surface area (Å²) in [6.45, 7) is 0.730. The SMILES string of the molecule is CN(C)S(=O)(=O)C[C@@H]1COC[C@@H]1NC(=O)c1scc2c1CCCC2. The average molecular weight is 373 g/mol. The van der Waals surface area contributed by atoms with Crippen molar-refractivity contribution in [1.29, 1.82) is 0 Å². The largest absolute Gasteiger partial charge is 0.379 e. The Morgan fingerprint density at radius 1 is 1.33 bits per heavy atom. The molecule has 0 unspecified atom stereocenters. The molecule has 0 saturated carbocycles. The number of amides is 1. The van der Waals surface area contributed by atoms with Crippen LogP contribution in [-0.2, 0) is 27.6 Å². The van der Waals surface area contributed by atoms with Gasteiger partial charge in [-0.3, -0.25) is 4.79 Å². The predicted molar refractivity (Wildman–Crippen MR) is 94.0 cm³/mol. The Hall–Kier alpha value is -0.960. The maximum Gasteiger partial charge on any atom is 0.261 e. The number of rotatable bonds is 5. The van der Waals surface area contributed by atoms with Crippen LogP contribution in [0, 0.1) is 5.92 Å². The highest BCUT2D eigenvalue weighted by atomic mass is 32.2. The lowest BCUT2D eigenvalue weighted by atomic mass is 9.93. The van der Waals surface area contributed by atoms with Gasteiger partial charge in [-0.1, -0.05) is 0 Å². The first kappa shape index (κ1) is 17.8. The van der Waals surface area contributed by atoms with E-state index in [2.05, 4.69) is 10.7 Å². The van der Waals surface area contributed by atoms with E-state index in [1.54, 1.807) is 0 Å². The molecule has 1 saturated heterocycles. The molecule has 1 fully saturated rings. The number of nitrogens with one attached hydrogen (secondary N) is 1. The van der Waals surface area contributed by atoms with Crippen molar-refractivity contribution in [2.45, 2.75) is 31.7 Å². The normalized spacial score (nSPS) is 24.1. The van der Waals surface area contributed by atoms with Gasteiger partial charge in [-0.25, -0.2) is 12.7 Å². The topological polar surface area (TPSA) is 75.7 Å². The summed E-state index contributed by atoms with van der Waals surface area (Å²) < 4.78 is 30.8. The molecule has 24 heavy (non-hydrogen) atoms. The number of carbonyl (C=O) groups is 1. The first-order valence-electron chi connectivity index (χ1n) is 8.26. The van der Waals surface area contributed by atoms with E-state index in [1.807, 2.05) is 0 Å². The van der Waals surface area contributed by atoms with Crippen LogP contribution in [0.3, 0.4) is 0 Å². The second-order valence-corrected chi connectivity index (χ2v) is 9.82. The molecule has 0 aromatic carbocycles. The van der Waals surface area contributed by atoms with Crippen LogP contribution < -0.4 is 5.32 Å². The van der Waals surface area contributed by atoms with E-state index in [0.29, 0.717) is 13.2 Å². The third kappa shape index (κ3) is 3.66. The van der Waals surface area contributed by atoms with Crippen molar-refractivity contribution in [2.24, 2.45) is 5.92 Å². The smallest absolute Gasteiger partial charge is 0.261 e. The second-order valence-electron chi connectivity index (χ2n) is 6.71. The number of nitrogens with zero attached hydrogens (tertiary/aromatic N) is 1. The molecule has 2 aliphatic rings. The zero-order valence-electron chi connectivity index (χ0n) is 14.1. The van der Waals surface area contributed by atoms with Gasteiger partial charge in [0.25, 0.3) is 5.91 Å². The van der Waals surface area contributed by atoms with Crippen LogP contribution in [0.5, 0.6) is 0 Å². The maximum absolute atomic E-state index is 12.7. The Morgan fingerprint density at radius 2 is 2.08 bits per heavy atom. The third-order valence-electron chi connectivity index (χ3n) is 4.81. The van der Waals surface area contributed by atoms with Crippen LogP contribution in [0.2, 0.25) is 0 Å². The van der Waals surface area contributed by atoms with E-state index in [9.17, 15) is 13.2 Å². The minimum absolute atomic E-state index is 0.00645. The molecular weight excluding hydrogens is 348 g/mol. The first-order valence-corrected chi connectivity index (χ1v) is 10.8. The molecule has 0 radical (unpaired) electrons. The summed E-state index contributed by atoms with van der Waals surface area (Å²) >= 11 is 1.50. The molecule has 0 bridgehead atoms. The number of hydrogen-bond donors (Lipinski definition) is 1. The van der Waals surface area contributed by atoms with Gasteiger partial charge in [0.05, 0.1) is 29.9 Å². The fourth-order valence-electron chi connectivity index (χ4n) is 3.29. The summed E-state index contributed by atoms with van der Waals surface area (Å²) in [7, 11) is -0.265. The van der Waals surface area contributed by atoms with Gasteiger partial charge in [0, 0.05) is 20.0 Å². The number of ether oxygens (including phenoxy) is 1. The van der Waals surface area contributed by atoms with Crippen molar-refractivity contribution in [3.63, 3.8) is 0 Å². The molecule has 1 aliphatic heterocycles. The third-order valence-corrected chi connectivity index (χ3v) is 7.84. The highest BCUT2D eigenvalue weighted by Gasteiger charge is 2.35. The van der Waals surface area contributed by atoms with Crippen LogP contribution in [0.4, 0.5) is 0 Å². The van der Waals surface area contributed by atoms with Gasteiger partial charge < -0.3 is 10.1 Å². The Balaban J connectivity index is 1.68. The number of carbonyl (C=O) groups excluding carboxylic acids is 1. The van der Waals surface area contributed by atoms with E-state index in [4.69, 9.17) is 4.74 Å². The Kier molecular flexibility index (Phi) is 5.29. The molecule has 6 nitrogen and oxygen atoms in total. The molecule has 2 heterocycles. The van der Waals surface area contributed by atoms with Gasteiger partial charge in [0.15, 0.2) is 0 Å². The quantitative estimate of drug-likeness (QED) is 0.844. The van der Waals surface area contributed by atoms with E-state index in [1.165, 1.54) is 47.3 Å². The van der Waals surface area contributed by atoms with Gasteiger partial charge in [-0.05, 0) is 42.2 Å². The maximum atomic E-state index is 12.7. The number of aryl methyl sites for hydroxylation is 1. The molecule has 1 aliphatic carbocycles. The summed E-state index contributed by atoms with van der Waals surface area (Å²) in [5.41, 5.74) is 2.48. The Labute approximate surface area is 147 Å². The van der Waals surface area contributed by atoms with Gasteiger partial charge in [0.1, 0.15) is 0 Å². The number of fused-ring (bicyclic) bond motifs is 1. The van der Waals surface area contributed by atoms with Crippen LogP contribution in [0.15, 0.2) is 5.38 Å². The molecule has 0 spiro atoms. The number of sulfonamides is 1. The lowest BCUT2D eigenvalue weighted by Crippen LogP contribution is -2.43. The Morgan fingerprint density at radius 3 is 2.83 bits per heavy atom. The van der Waals surface area contributed by atoms with E-state index in [-0.39, 0.29) is 23.6 Å². The van der Waals surface area contributed by atoms with Crippen LogP contribution >= 0.6 is 11.3 Å². The summed E-state index contributed by atoms with van der Waals surface area (Å²) in [5.74, 6) is -0.309. The highest BCUT2D eigenvalue weighted by Crippen LogP contribution is 2.30. The molecule has 1 N–H and O–H groups in total. The minimum atomic E-state index is -3.31. The van der Waals surface area contributed by atoms with Gasteiger partial charge in [-0.15, -0.1) is 11.3 Å². The number of hydrogen-bond acceptors (Lipinski definition) is 5. The van der Waals surface area contributed by atoms with Crippen LogP contribution in [0.25, 0.3) is 0 Å². The zero-order valence-corrected chi connectivity index (χ0v) is 15.7. The second kappa shape index (κ2) is 7.11. The van der Waals surface area contributed by atoms with Crippen LogP contribution in [-0.4, -0.2) is 57.7 Å². The van der Waals surface area contributed by atoms with Crippen molar-refractivity contribution < 1.29 is 17.9 Å². The molecule has 2 atom stereocenters. The van der Waals surface area contributed by atoms with E-state index >= 15 is 0 Å². The lowest BCUT2D eigenvalue weighted by molar-refractivity contribution is 0.0929. The van der Waals surface area contributed by atoms with Crippen molar-refractivity contribution in [1.82, 2.24) is 9.62 Å². The summed E-state index contributed by atoms with van der Waals surface area (Å²) in [6, 6.07) is -0.256. The van der Waals surface area contributed by atoms with Crippen molar-refractivity contribution in [3.05, 3.63) is 21.4 Å². The molecule has 134 valence electrons. The molecular formula is C16H24N2O4S2. The minimum Gasteiger partial charge on any atom is -0.379 e. The average Bonchev–Trinajstić information content (AvgIpc) is 3.13. The molecule has 8 heteroatoms. The first-order chi connectivity index (χ1) is 11.4. The van der Waals surface area contributed by atoms with E-state index < -0.39 is 10.0 Å². The van der Waals surface area contributed by atoms with Gasteiger partial charge >= 0.3 is 0 Å². The standard InChI is InChI=1S/C16H24N2O4S2/c1-18(2)24(20,21)10-12-7-22-8-14(12)17-16(19)15-13-6-4-3-5-11(13)9-23-15/h9,12,14H,3-8,10H2,1-2H3,(H,17,19)/t12-,14-/m0/s1. The van der Waals surface area contributed by atoms with Crippen molar-refractivity contribution in [2.75, 3.05) is 33.1 Å². The number of thiophene rings is 1. The molecule has 1 aromatic rings. The van der Waals surface area contributed by atoms with Gasteiger partial charge in [-0.2, -0.15) is 0 Å². The molecule has 3 rings (SSSR count). The monoisotopic (exact) mass is 372 g/mol. The van der Waals surface area contributed by atoms with Crippen molar-refractivity contribution in [3.8, 4) is 0 Å². The fraction of sp³-hybridized carbons (Fsp3) is 0.688. The van der Waals surface area contributed by atoms with Gasteiger partial charge in [0.2, 0.25) is 10.0 Å². The fourth-order valence-corrected chi connectivity index (χ4v) is 5.52. The Bertz CT molecular complexity index is 712. The highest BCUT2D eigenvalue weighted by molar-refractivity contribution is 7.89. The van der Waals surface area contributed by atoms with Crippen molar-refractivity contribution >= 4 is 27.3 Å². The molecule has 1 amide bonds.